The number of pyridine rings is 1. The van der Waals surface area contributed by atoms with E-state index in [0.717, 1.165) is 16.5 Å². The molecule has 0 bridgehead atoms. The summed E-state index contributed by atoms with van der Waals surface area (Å²) >= 11 is 0. The van der Waals surface area contributed by atoms with E-state index in [1.165, 1.54) is 7.11 Å². The predicted molar refractivity (Wildman–Crippen MR) is 113 cm³/mol. The topological polar surface area (TPSA) is 125 Å². The molecular weight excluding hydrogens is 388 g/mol. The first kappa shape index (κ1) is 21.9. The highest BCUT2D eigenvalue weighted by Crippen LogP contribution is 2.28. The van der Waals surface area contributed by atoms with E-state index < -0.39 is 36.6 Å². The van der Waals surface area contributed by atoms with Crippen LogP contribution in [-0.2, 0) is 4.74 Å². The van der Waals surface area contributed by atoms with Crippen molar-refractivity contribution in [1.82, 2.24) is 4.98 Å². The summed E-state index contributed by atoms with van der Waals surface area (Å²) in [5.41, 5.74) is 2.60. The lowest BCUT2D eigenvalue weighted by atomic mass is 10.00. The Morgan fingerprint density at radius 3 is 2.50 bits per heavy atom. The van der Waals surface area contributed by atoms with Crippen molar-refractivity contribution < 1.29 is 24.5 Å². The fraction of sp³-hybridized carbons (Fsp3) is 0.364. The summed E-state index contributed by atoms with van der Waals surface area (Å²) in [6, 6.07) is 8.27. The largest absolute Gasteiger partial charge is 0.422 e. The van der Waals surface area contributed by atoms with Crippen LogP contribution in [0.4, 0.5) is 5.69 Å². The number of aliphatic hydroxyl groups excluding tert-OH is 3. The molecule has 8 nitrogen and oxygen atoms in total. The summed E-state index contributed by atoms with van der Waals surface area (Å²) in [7, 11) is 1.35. The summed E-state index contributed by atoms with van der Waals surface area (Å²) < 4.78 is 10.5. The van der Waals surface area contributed by atoms with Gasteiger partial charge in [-0.25, -0.2) is 4.79 Å². The van der Waals surface area contributed by atoms with Gasteiger partial charge in [-0.2, -0.15) is 0 Å². The van der Waals surface area contributed by atoms with Gasteiger partial charge in [0.15, 0.2) is 0 Å². The quantitative estimate of drug-likeness (QED) is 0.411. The van der Waals surface area contributed by atoms with Gasteiger partial charge in [-0.05, 0) is 49.2 Å². The second-order valence-electron chi connectivity index (χ2n) is 7.21. The van der Waals surface area contributed by atoms with Crippen LogP contribution in [0.5, 0.6) is 0 Å². The van der Waals surface area contributed by atoms with Crippen LogP contribution in [0.2, 0.25) is 0 Å². The number of benzene rings is 1. The average Bonchev–Trinajstić information content (AvgIpc) is 2.74. The molecule has 2 heterocycles. The average molecular weight is 414 g/mol. The Morgan fingerprint density at radius 1 is 1.17 bits per heavy atom. The lowest BCUT2D eigenvalue weighted by Crippen LogP contribution is -2.48. The highest BCUT2D eigenvalue weighted by atomic mass is 16.5. The molecule has 30 heavy (non-hydrogen) atoms. The van der Waals surface area contributed by atoms with E-state index in [9.17, 15) is 20.1 Å². The predicted octanol–water partition coefficient (Wildman–Crippen LogP) is 1.69. The van der Waals surface area contributed by atoms with Crippen molar-refractivity contribution in [3.63, 3.8) is 0 Å². The first-order valence-electron chi connectivity index (χ1n) is 9.61. The smallest absolute Gasteiger partial charge is 0.344 e. The minimum absolute atomic E-state index is 0.410. The molecular formula is C22H26N2O6. The molecule has 0 fully saturated rings. The van der Waals surface area contributed by atoms with Gasteiger partial charge in [0.2, 0.25) is 0 Å². The fourth-order valence-corrected chi connectivity index (χ4v) is 3.48. The monoisotopic (exact) mass is 414 g/mol. The van der Waals surface area contributed by atoms with Crippen LogP contribution in [0.15, 0.2) is 51.9 Å². The first-order chi connectivity index (χ1) is 14.4. The molecule has 4 atom stereocenters. The Balaban J connectivity index is 1.88. The van der Waals surface area contributed by atoms with E-state index in [4.69, 9.17) is 9.15 Å². The molecule has 1 aromatic carbocycles. The van der Waals surface area contributed by atoms with Crippen molar-refractivity contribution in [3.05, 3.63) is 58.7 Å². The highest BCUT2D eigenvalue weighted by molar-refractivity contribution is 5.88. The van der Waals surface area contributed by atoms with Gasteiger partial charge in [-0.3, -0.25) is 4.98 Å². The lowest BCUT2D eigenvalue weighted by molar-refractivity contribution is -0.0953. The third-order valence-electron chi connectivity index (χ3n) is 5.26. The van der Waals surface area contributed by atoms with Gasteiger partial charge in [0.25, 0.3) is 0 Å². The van der Waals surface area contributed by atoms with Crippen molar-refractivity contribution >= 4 is 16.7 Å². The summed E-state index contributed by atoms with van der Waals surface area (Å²) in [4.78, 5) is 16.6. The number of aryl methyl sites for hydroxylation is 1. The Hall–Kier alpha value is -2.78. The van der Waals surface area contributed by atoms with Crippen LogP contribution in [-0.4, -0.2) is 58.4 Å². The maximum Gasteiger partial charge on any atom is 0.344 e. The van der Waals surface area contributed by atoms with E-state index >= 15 is 0 Å². The van der Waals surface area contributed by atoms with Crippen LogP contribution in [0.1, 0.15) is 12.5 Å². The second kappa shape index (κ2) is 9.36. The van der Waals surface area contributed by atoms with E-state index in [1.807, 2.05) is 13.0 Å². The van der Waals surface area contributed by atoms with E-state index in [2.05, 4.69) is 10.3 Å². The van der Waals surface area contributed by atoms with Crippen molar-refractivity contribution in [2.24, 2.45) is 0 Å². The summed E-state index contributed by atoms with van der Waals surface area (Å²) in [5.74, 6) is 0. The molecule has 0 aliphatic carbocycles. The maximum atomic E-state index is 12.6. The standard InChI is InChI=1S/C22H26N2O6/c1-12-16-5-4-15(24-13(2)20(26)21(27)18(11-25)29-3)10-17(16)30-22(28)19(12)14-6-8-23-9-7-14/h4-10,13,18,20-21,24-27H,11H2,1-3H3/t13-,18?,20?,21?/m1/s1. The molecule has 3 rings (SSSR count). The van der Waals surface area contributed by atoms with Crippen LogP contribution in [0.3, 0.4) is 0 Å². The van der Waals surface area contributed by atoms with Crippen LogP contribution in [0.25, 0.3) is 22.1 Å². The molecule has 4 N–H and O–H groups in total. The number of fused-ring (bicyclic) bond motifs is 1. The molecule has 0 spiro atoms. The minimum Gasteiger partial charge on any atom is -0.422 e. The number of rotatable bonds is 8. The summed E-state index contributed by atoms with van der Waals surface area (Å²) in [6.07, 6.45) is -0.116. The van der Waals surface area contributed by atoms with Gasteiger partial charge < -0.3 is 29.8 Å². The third-order valence-corrected chi connectivity index (χ3v) is 5.26. The van der Waals surface area contributed by atoms with Crippen molar-refractivity contribution in [1.29, 1.82) is 0 Å². The Bertz CT molecular complexity index is 1050. The Morgan fingerprint density at radius 2 is 1.87 bits per heavy atom. The normalized spacial score (nSPS) is 15.5. The number of anilines is 1. The molecule has 2 aromatic heterocycles. The summed E-state index contributed by atoms with van der Waals surface area (Å²) in [5, 5.41) is 33.6. The lowest BCUT2D eigenvalue weighted by Gasteiger charge is -2.29. The molecule has 0 amide bonds. The van der Waals surface area contributed by atoms with Gasteiger partial charge >= 0.3 is 5.63 Å². The zero-order valence-corrected chi connectivity index (χ0v) is 17.1. The molecule has 8 heteroatoms. The number of ether oxygens (including phenoxy) is 1. The highest BCUT2D eigenvalue weighted by Gasteiger charge is 2.30. The molecule has 0 radical (unpaired) electrons. The van der Waals surface area contributed by atoms with Crippen LogP contribution < -0.4 is 10.9 Å². The zero-order chi connectivity index (χ0) is 21.8. The van der Waals surface area contributed by atoms with Crippen molar-refractivity contribution in [2.75, 3.05) is 19.0 Å². The van der Waals surface area contributed by atoms with Crippen molar-refractivity contribution in [2.45, 2.75) is 38.2 Å². The molecule has 0 saturated carbocycles. The number of methoxy groups -OCH3 is 1. The van der Waals surface area contributed by atoms with Gasteiger partial charge in [0.05, 0.1) is 18.2 Å². The number of aromatic nitrogens is 1. The number of nitrogens with one attached hydrogen (secondary N) is 1. The van der Waals surface area contributed by atoms with Gasteiger partial charge in [-0.15, -0.1) is 0 Å². The number of hydrogen-bond acceptors (Lipinski definition) is 8. The molecule has 160 valence electrons. The Kier molecular flexibility index (Phi) is 6.84. The molecule has 3 aromatic rings. The SMILES string of the molecule is COC(CO)C(O)C(O)[C@@H](C)Nc1ccc2c(C)c(-c3ccncc3)c(=O)oc2c1. The molecule has 3 unspecified atom stereocenters. The second-order valence-corrected chi connectivity index (χ2v) is 7.21. The maximum absolute atomic E-state index is 12.6. The minimum atomic E-state index is -1.27. The zero-order valence-electron chi connectivity index (χ0n) is 17.1. The van der Waals surface area contributed by atoms with Crippen LogP contribution in [0, 0.1) is 6.92 Å². The van der Waals surface area contributed by atoms with E-state index in [-0.39, 0.29) is 0 Å². The third kappa shape index (κ3) is 4.36. The first-order valence-corrected chi connectivity index (χ1v) is 9.61. The van der Waals surface area contributed by atoms with Crippen LogP contribution >= 0.6 is 0 Å². The van der Waals surface area contributed by atoms with E-state index in [0.29, 0.717) is 16.8 Å². The molecule has 0 aliphatic rings. The number of nitrogens with zero attached hydrogens (tertiary/aromatic N) is 1. The summed E-state index contributed by atoms with van der Waals surface area (Å²) in [6.45, 7) is 3.14. The molecule has 0 aliphatic heterocycles. The van der Waals surface area contributed by atoms with E-state index in [1.54, 1.807) is 43.6 Å². The number of aliphatic hydroxyl groups is 3. The van der Waals surface area contributed by atoms with Gasteiger partial charge in [0.1, 0.15) is 23.9 Å². The van der Waals surface area contributed by atoms with Gasteiger partial charge in [0, 0.05) is 36.6 Å². The van der Waals surface area contributed by atoms with Crippen molar-refractivity contribution in [3.8, 4) is 11.1 Å². The fourth-order valence-electron chi connectivity index (χ4n) is 3.48. The van der Waals surface area contributed by atoms with Gasteiger partial charge in [-0.1, -0.05) is 0 Å². The Labute approximate surface area is 173 Å². The number of hydrogen-bond donors (Lipinski definition) is 4. The molecule has 0 saturated heterocycles.